The first-order valence-electron chi connectivity index (χ1n) is 10.1. The van der Waals surface area contributed by atoms with Crippen molar-refractivity contribution in [2.75, 3.05) is 39.8 Å². The number of halogens is 1. The van der Waals surface area contributed by atoms with Crippen LogP contribution in [0.25, 0.3) is 10.8 Å². The zero-order valence-electron chi connectivity index (χ0n) is 16.6. The molecule has 0 saturated carbocycles. The average Bonchev–Trinajstić information content (AvgIpc) is 2.75. The van der Waals surface area contributed by atoms with E-state index in [1.54, 1.807) is 0 Å². The van der Waals surface area contributed by atoms with Crippen LogP contribution in [0.1, 0.15) is 22.0 Å². The summed E-state index contributed by atoms with van der Waals surface area (Å²) in [5.74, 6) is -0.0325. The number of benzene rings is 3. The number of carbonyl (C=O) groups excluding carboxylic acids is 1. The smallest absolute Gasteiger partial charge is 0.251 e. The minimum Gasteiger partial charge on any atom is -0.350 e. The molecule has 1 heterocycles. The van der Waals surface area contributed by atoms with E-state index in [1.807, 2.05) is 54.6 Å². The molecule has 1 amide bonds. The average molecular weight is 408 g/mol. The molecule has 0 aromatic heterocycles. The normalized spacial score (nSPS) is 16.6. The maximum atomic E-state index is 13.0. The predicted octanol–water partition coefficient (Wildman–Crippen LogP) is 4.21. The third kappa shape index (κ3) is 4.61. The number of carbonyl (C=O) groups is 1. The Morgan fingerprint density at radius 1 is 0.966 bits per heavy atom. The molecule has 3 aromatic carbocycles. The zero-order valence-corrected chi connectivity index (χ0v) is 17.4. The van der Waals surface area contributed by atoms with Gasteiger partial charge in [-0.1, -0.05) is 60.1 Å². The minimum absolute atomic E-state index is 0.0325. The standard InChI is InChI=1S/C24H26ClN3O/c1-27-13-15-28(16-14-27)23(19-9-11-20(25)12-10-19)17-26-24(29)22-8-4-6-18-5-2-3-7-21(18)22/h2-12,23H,13-17H2,1H3,(H,26,29). The molecule has 29 heavy (non-hydrogen) atoms. The fraction of sp³-hybridized carbons (Fsp3) is 0.292. The Labute approximate surface area is 177 Å². The largest absolute Gasteiger partial charge is 0.350 e. The molecule has 0 bridgehead atoms. The van der Waals surface area contributed by atoms with Gasteiger partial charge in [0.2, 0.25) is 0 Å². The highest BCUT2D eigenvalue weighted by Gasteiger charge is 2.24. The van der Waals surface area contributed by atoms with Gasteiger partial charge in [-0.3, -0.25) is 9.69 Å². The molecule has 3 aromatic rings. The number of hydrogen-bond acceptors (Lipinski definition) is 3. The van der Waals surface area contributed by atoms with Gasteiger partial charge < -0.3 is 10.2 Å². The van der Waals surface area contributed by atoms with Crippen LogP contribution in [-0.2, 0) is 0 Å². The summed E-state index contributed by atoms with van der Waals surface area (Å²) in [7, 11) is 2.15. The van der Waals surface area contributed by atoms with Gasteiger partial charge in [-0.25, -0.2) is 0 Å². The number of nitrogens with zero attached hydrogens (tertiary/aromatic N) is 2. The van der Waals surface area contributed by atoms with E-state index in [0.29, 0.717) is 6.54 Å². The molecule has 1 aliphatic heterocycles. The van der Waals surface area contributed by atoms with Crippen LogP contribution in [0.2, 0.25) is 5.02 Å². The van der Waals surface area contributed by atoms with Crippen LogP contribution in [-0.4, -0.2) is 55.5 Å². The second kappa shape index (κ2) is 8.95. The summed E-state index contributed by atoms with van der Waals surface area (Å²) in [6, 6.07) is 22.0. The molecule has 0 spiro atoms. The van der Waals surface area contributed by atoms with Gasteiger partial charge in [0.25, 0.3) is 5.91 Å². The van der Waals surface area contributed by atoms with Crippen LogP contribution in [0.5, 0.6) is 0 Å². The van der Waals surface area contributed by atoms with Crippen LogP contribution < -0.4 is 5.32 Å². The molecule has 1 unspecified atom stereocenters. The lowest BCUT2D eigenvalue weighted by atomic mass is 10.0. The minimum atomic E-state index is -0.0325. The van der Waals surface area contributed by atoms with Crippen molar-refractivity contribution in [1.82, 2.24) is 15.1 Å². The molecule has 5 heteroatoms. The Morgan fingerprint density at radius 3 is 2.41 bits per heavy atom. The first kappa shape index (κ1) is 19.9. The third-order valence-electron chi connectivity index (χ3n) is 5.72. The second-order valence-electron chi connectivity index (χ2n) is 7.64. The number of piperazine rings is 1. The van der Waals surface area contributed by atoms with Crippen LogP contribution >= 0.6 is 11.6 Å². The van der Waals surface area contributed by atoms with Crippen molar-refractivity contribution in [3.05, 3.63) is 82.9 Å². The fourth-order valence-electron chi connectivity index (χ4n) is 3.98. The number of likely N-dealkylation sites (N-methyl/N-ethyl adjacent to an activating group) is 1. The summed E-state index contributed by atoms with van der Waals surface area (Å²) < 4.78 is 0. The summed E-state index contributed by atoms with van der Waals surface area (Å²) in [6.07, 6.45) is 0. The van der Waals surface area contributed by atoms with Gasteiger partial charge in [0, 0.05) is 43.3 Å². The zero-order chi connectivity index (χ0) is 20.2. The molecule has 1 N–H and O–H groups in total. The maximum Gasteiger partial charge on any atom is 0.251 e. The lowest BCUT2D eigenvalue weighted by molar-refractivity contribution is 0.0887. The molecule has 4 nitrogen and oxygen atoms in total. The van der Waals surface area contributed by atoms with Crippen LogP contribution in [0.4, 0.5) is 0 Å². The van der Waals surface area contributed by atoms with Crippen LogP contribution in [0, 0.1) is 0 Å². The van der Waals surface area contributed by atoms with E-state index in [-0.39, 0.29) is 11.9 Å². The molecular formula is C24H26ClN3O. The van der Waals surface area contributed by atoms with E-state index in [1.165, 1.54) is 5.56 Å². The van der Waals surface area contributed by atoms with E-state index in [0.717, 1.165) is 47.5 Å². The van der Waals surface area contributed by atoms with Gasteiger partial charge in [-0.15, -0.1) is 0 Å². The van der Waals surface area contributed by atoms with E-state index >= 15 is 0 Å². The summed E-state index contributed by atoms with van der Waals surface area (Å²) in [4.78, 5) is 17.8. The Kier molecular flexibility index (Phi) is 6.14. The summed E-state index contributed by atoms with van der Waals surface area (Å²) in [6.45, 7) is 4.58. The highest BCUT2D eigenvalue weighted by atomic mass is 35.5. The predicted molar refractivity (Wildman–Crippen MR) is 120 cm³/mol. The Morgan fingerprint density at radius 2 is 1.66 bits per heavy atom. The lowest BCUT2D eigenvalue weighted by Crippen LogP contribution is -2.48. The summed E-state index contributed by atoms with van der Waals surface area (Å²) in [5.41, 5.74) is 1.90. The van der Waals surface area contributed by atoms with Gasteiger partial charge in [-0.05, 0) is 41.6 Å². The van der Waals surface area contributed by atoms with Gasteiger partial charge in [0.15, 0.2) is 0 Å². The Hall–Kier alpha value is -2.40. The number of hydrogen-bond donors (Lipinski definition) is 1. The van der Waals surface area contributed by atoms with Gasteiger partial charge in [-0.2, -0.15) is 0 Å². The van der Waals surface area contributed by atoms with Crippen molar-refractivity contribution in [1.29, 1.82) is 0 Å². The summed E-state index contributed by atoms with van der Waals surface area (Å²) >= 11 is 6.09. The van der Waals surface area contributed by atoms with Crippen molar-refractivity contribution in [3.63, 3.8) is 0 Å². The molecule has 1 fully saturated rings. The van der Waals surface area contributed by atoms with Gasteiger partial charge in [0.05, 0.1) is 6.04 Å². The third-order valence-corrected chi connectivity index (χ3v) is 5.98. The summed E-state index contributed by atoms with van der Waals surface area (Å²) in [5, 5.41) is 5.97. The first-order chi connectivity index (χ1) is 14.1. The quantitative estimate of drug-likeness (QED) is 0.688. The van der Waals surface area contributed by atoms with E-state index in [9.17, 15) is 4.79 Å². The number of nitrogens with one attached hydrogen (secondary N) is 1. The van der Waals surface area contributed by atoms with Crippen molar-refractivity contribution in [2.45, 2.75) is 6.04 Å². The molecule has 150 valence electrons. The Bertz CT molecular complexity index is 976. The molecule has 1 atom stereocenters. The topological polar surface area (TPSA) is 35.6 Å². The Balaban J connectivity index is 1.54. The molecule has 0 aliphatic carbocycles. The first-order valence-corrected chi connectivity index (χ1v) is 10.4. The van der Waals surface area contributed by atoms with E-state index < -0.39 is 0 Å². The molecule has 4 rings (SSSR count). The number of rotatable bonds is 5. The van der Waals surface area contributed by atoms with E-state index in [4.69, 9.17) is 11.6 Å². The fourth-order valence-corrected chi connectivity index (χ4v) is 4.11. The molecule has 0 radical (unpaired) electrons. The van der Waals surface area contributed by atoms with Crippen LogP contribution in [0.15, 0.2) is 66.7 Å². The highest BCUT2D eigenvalue weighted by molar-refractivity contribution is 6.30. The van der Waals surface area contributed by atoms with Crippen molar-refractivity contribution < 1.29 is 4.79 Å². The number of amides is 1. The molecule has 1 saturated heterocycles. The van der Waals surface area contributed by atoms with Crippen LogP contribution in [0.3, 0.4) is 0 Å². The van der Waals surface area contributed by atoms with E-state index in [2.05, 4.69) is 34.3 Å². The lowest BCUT2D eigenvalue weighted by Gasteiger charge is -2.38. The monoisotopic (exact) mass is 407 g/mol. The highest BCUT2D eigenvalue weighted by Crippen LogP contribution is 2.24. The second-order valence-corrected chi connectivity index (χ2v) is 8.08. The number of fused-ring (bicyclic) bond motifs is 1. The molecular weight excluding hydrogens is 382 g/mol. The van der Waals surface area contributed by atoms with Gasteiger partial charge >= 0.3 is 0 Å². The molecule has 1 aliphatic rings. The maximum absolute atomic E-state index is 13.0. The SMILES string of the molecule is CN1CCN(C(CNC(=O)c2cccc3ccccc23)c2ccc(Cl)cc2)CC1. The van der Waals surface area contributed by atoms with Crippen molar-refractivity contribution in [3.8, 4) is 0 Å². The van der Waals surface area contributed by atoms with Crippen molar-refractivity contribution in [2.24, 2.45) is 0 Å². The van der Waals surface area contributed by atoms with Gasteiger partial charge in [0.1, 0.15) is 0 Å². The van der Waals surface area contributed by atoms with Crippen molar-refractivity contribution >= 4 is 28.3 Å².